The Morgan fingerprint density at radius 2 is 1.94 bits per heavy atom. The summed E-state index contributed by atoms with van der Waals surface area (Å²) in [5.74, 6) is -0.997. The molecule has 0 radical (unpaired) electrons. The Kier molecular flexibility index (Phi) is 3.10. The molecule has 0 amide bonds. The molecule has 0 aliphatic carbocycles. The van der Waals surface area contributed by atoms with Crippen molar-refractivity contribution in [2.75, 3.05) is 6.61 Å². The molecule has 5 heteroatoms. The number of carbonyl (C=O) groups is 1. The van der Waals surface area contributed by atoms with Gasteiger partial charge in [-0.25, -0.2) is 4.79 Å². The molecular formula is C11H10Cl2O3. The molecule has 0 spiro atoms. The fourth-order valence-corrected chi connectivity index (χ4v) is 2.47. The Morgan fingerprint density at radius 3 is 2.38 bits per heavy atom. The molecule has 1 heterocycles. The number of benzene rings is 1. The molecule has 16 heavy (non-hydrogen) atoms. The standard InChI is InChI=1S/C11H10Cl2O3/c12-8-4-7(5-9(13)6-8)11(10(14)15)2-1-3-16-11/h4-6H,1-3H2,(H,14,15). The Balaban J connectivity index is 2.51. The third kappa shape index (κ3) is 1.90. The molecule has 1 N–H and O–H groups in total. The second kappa shape index (κ2) is 4.24. The summed E-state index contributed by atoms with van der Waals surface area (Å²) in [7, 11) is 0. The summed E-state index contributed by atoms with van der Waals surface area (Å²) >= 11 is 11.7. The molecule has 0 aromatic heterocycles. The summed E-state index contributed by atoms with van der Waals surface area (Å²) in [6, 6.07) is 4.75. The topological polar surface area (TPSA) is 46.5 Å². The molecule has 3 nitrogen and oxygen atoms in total. The molecule has 0 saturated carbocycles. The van der Waals surface area contributed by atoms with Gasteiger partial charge in [0.15, 0.2) is 5.60 Å². The van der Waals surface area contributed by atoms with Crippen LogP contribution in [0.3, 0.4) is 0 Å². The molecule has 1 aromatic rings. The largest absolute Gasteiger partial charge is 0.479 e. The molecular weight excluding hydrogens is 251 g/mol. The SMILES string of the molecule is O=C(O)C1(c2cc(Cl)cc(Cl)c2)CCCO1. The number of rotatable bonds is 2. The van der Waals surface area contributed by atoms with E-state index in [1.54, 1.807) is 18.2 Å². The molecule has 1 unspecified atom stereocenters. The second-order valence-corrected chi connectivity index (χ2v) is 4.62. The first kappa shape index (κ1) is 11.7. The number of carboxylic acids is 1. The van der Waals surface area contributed by atoms with Crippen molar-refractivity contribution >= 4 is 29.2 Å². The Morgan fingerprint density at radius 1 is 1.31 bits per heavy atom. The summed E-state index contributed by atoms with van der Waals surface area (Å²) in [5.41, 5.74) is -0.774. The van der Waals surface area contributed by atoms with Gasteiger partial charge in [-0.15, -0.1) is 0 Å². The van der Waals surface area contributed by atoms with Gasteiger partial charge in [0.1, 0.15) is 0 Å². The van der Waals surface area contributed by atoms with E-state index in [1.807, 2.05) is 0 Å². The first-order valence-corrected chi connectivity index (χ1v) is 5.64. The Hall–Kier alpha value is -0.770. The zero-order valence-electron chi connectivity index (χ0n) is 8.37. The van der Waals surface area contributed by atoms with Gasteiger partial charge in [-0.1, -0.05) is 23.2 Å². The van der Waals surface area contributed by atoms with E-state index < -0.39 is 11.6 Å². The first-order chi connectivity index (χ1) is 7.54. The quantitative estimate of drug-likeness (QED) is 0.889. The molecule has 2 rings (SSSR count). The van der Waals surface area contributed by atoms with E-state index in [-0.39, 0.29) is 0 Å². The van der Waals surface area contributed by atoms with Gasteiger partial charge in [-0.2, -0.15) is 0 Å². The number of ether oxygens (including phenoxy) is 1. The fourth-order valence-electron chi connectivity index (χ4n) is 1.95. The minimum absolute atomic E-state index is 0.415. The van der Waals surface area contributed by atoms with Crippen LogP contribution in [0, 0.1) is 0 Å². The maximum Gasteiger partial charge on any atom is 0.340 e. The summed E-state index contributed by atoms with van der Waals surface area (Å²) in [6.07, 6.45) is 1.16. The van der Waals surface area contributed by atoms with Crippen LogP contribution in [-0.2, 0) is 15.1 Å². The van der Waals surface area contributed by atoms with E-state index in [9.17, 15) is 9.90 Å². The van der Waals surface area contributed by atoms with Crippen molar-refractivity contribution in [1.29, 1.82) is 0 Å². The lowest BCUT2D eigenvalue weighted by atomic mass is 9.91. The maximum atomic E-state index is 11.3. The van der Waals surface area contributed by atoms with Crippen LogP contribution in [0.25, 0.3) is 0 Å². The summed E-state index contributed by atoms with van der Waals surface area (Å²) < 4.78 is 5.38. The lowest BCUT2D eigenvalue weighted by Gasteiger charge is -2.24. The van der Waals surface area contributed by atoms with E-state index in [0.29, 0.717) is 28.6 Å². The molecule has 1 fully saturated rings. The lowest BCUT2D eigenvalue weighted by Crippen LogP contribution is -2.34. The first-order valence-electron chi connectivity index (χ1n) is 4.88. The summed E-state index contributed by atoms with van der Waals surface area (Å²) in [6.45, 7) is 0.441. The highest BCUT2D eigenvalue weighted by molar-refractivity contribution is 6.34. The highest BCUT2D eigenvalue weighted by Crippen LogP contribution is 2.38. The number of hydrogen-bond donors (Lipinski definition) is 1. The van der Waals surface area contributed by atoms with E-state index >= 15 is 0 Å². The van der Waals surface area contributed by atoms with Gasteiger partial charge in [-0.3, -0.25) is 0 Å². The van der Waals surface area contributed by atoms with Crippen LogP contribution in [0.5, 0.6) is 0 Å². The molecule has 0 bridgehead atoms. The highest BCUT2D eigenvalue weighted by Gasteiger charge is 2.44. The van der Waals surface area contributed by atoms with Gasteiger partial charge in [0.2, 0.25) is 0 Å². The minimum atomic E-state index is -1.28. The molecule has 1 aliphatic heterocycles. The van der Waals surface area contributed by atoms with Crippen molar-refractivity contribution in [2.24, 2.45) is 0 Å². The molecule has 1 saturated heterocycles. The predicted molar refractivity (Wildman–Crippen MR) is 61.0 cm³/mol. The van der Waals surface area contributed by atoms with Crippen LogP contribution in [0.4, 0.5) is 0 Å². The third-order valence-electron chi connectivity index (χ3n) is 2.70. The van der Waals surface area contributed by atoms with Gasteiger partial charge < -0.3 is 9.84 Å². The van der Waals surface area contributed by atoms with E-state index in [1.165, 1.54) is 0 Å². The smallest absolute Gasteiger partial charge is 0.340 e. The number of hydrogen-bond acceptors (Lipinski definition) is 2. The van der Waals surface area contributed by atoms with Crippen molar-refractivity contribution in [1.82, 2.24) is 0 Å². The monoisotopic (exact) mass is 260 g/mol. The number of halogens is 2. The number of aliphatic carboxylic acids is 1. The van der Waals surface area contributed by atoms with Crippen molar-refractivity contribution in [3.8, 4) is 0 Å². The Labute approximate surface area is 103 Å². The summed E-state index contributed by atoms with van der Waals surface area (Å²) in [5, 5.41) is 10.1. The van der Waals surface area contributed by atoms with Crippen LogP contribution in [0.2, 0.25) is 10.0 Å². The average Bonchev–Trinajstić information content (AvgIpc) is 2.65. The zero-order valence-corrected chi connectivity index (χ0v) is 9.88. The van der Waals surface area contributed by atoms with Gasteiger partial charge in [-0.05, 0) is 36.6 Å². The summed E-state index contributed by atoms with van der Waals surface area (Å²) in [4.78, 5) is 11.3. The predicted octanol–water partition coefficient (Wildman–Crippen LogP) is 3.08. The van der Waals surface area contributed by atoms with Gasteiger partial charge in [0.25, 0.3) is 0 Å². The Bertz CT molecular complexity index is 405. The third-order valence-corrected chi connectivity index (χ3v) is 3.13. The lowest BCUT2D eigenvalue weighted by molar-refractivity contribution is -0.161. The van der Waals surface area contributed by atoms with Crippen molar-refractivity contribution in [3.63, 3.8) is 0 Å². The van der Waals surface area contributed by atoms with Crippen LogP contribution >= 0.6 is 23.2 Å². The van der Waals surface area contributed by atoms with Crippen molar-refractivity contribution in [3.05, 3.63) is 33.8 Å². The highest BCUT2D eigenvalue weighted by atomic mass is 35.5. The zero-order chi connectivity index (χ0) is 11.8. The van der Waals surface area contributed by atoms with Gasteiger partial charge in [0.05, 0.1) is 0 Å². The molecule has 1 atom stereocenters. The van der Waals surface area contributed by atoms with Crippen molar-refractivity contribution in [2.45, 2.75) is 18.4 Å². The van der Waals surface area contributed by atoms with Gasteiger partial charge >= 0.3 is 5.97 Å². The van der Waals surface area contributed by atoms with Crippen LogP contribution in [0.1, 0.15) is 18.4 Å². The number of carboxylic acid groups (broad SMARTS) is 1. The van der Waals surface area contributed by atoms with E-state index in [2.05, 4.69) is 0 Å². The maximum absolute atomic E-state index is 11.3. The van der Waals surface area contributed by atoms with E-state index in [4.69, 9.17) is 27.9 Å². The normalized spacial score (nSPS) is 24.6. The molecule has 1 aromatic carbocycles. The molecule has 86 valence electrons. The average molecular weight is 261 g/mol. The van der Waals surface area contributed by atoms with Crippen LogP contribution in [0.15, 0.2) is 18.2 Å². The minimum Gasteiger partial charge on any atom is -0.479 e. The van der Waals surface area contributed by atoms with Crippen molar-refractivity contribution < 1.29 is 14.6 Å². The second-order valence-electron chi connectivity index (χ2n) is 3.74. The molecule has 1 aliphatic rings. The van der Waals surface area contributed by atoms with Gasteiger partial charge in [0, 0.05) is 16.7 Å². The van der Waals surface area contributed by atoms with E-state index in [0.717, 1.165) is 6.42 Å². The van der Waals surface area contributed by atoms with Crippen LogP contribution < -0.4 is 0 Å². The van der Waals surface area contributed by atoms with Crippen LogP contribution in [-0.4, -0.2) is 17.7 Å². The fraction of sp³-hybridized carbons (Fsp3) is 0.364.